The van der Waals surface area contributed by atoms with Crippen LogP contribution in [-0.2, 0) is 4.79 Å². The Morgan fingerprint density at radius 3 is 2.39 bits per heavy atom. The van der Waals surface area contributed by atoms with Gasteiger partial charge < -0.3 is 4.90 Å². The second-order valence-electron chi connectivity index (χ2n) is 6.68. The van der Waals surface area contributed by atoms with Crippen molar-refractivity contribution < 1.29 is 4.79 Å². The fourth-order valence-electron chi connectivity index (χ4n) is 4.70. The van der Waals surface area contributed by atoms with Crippen molar-refractivity contribution in [1.29, 1.82) is 0 Å². The third-order valence-corrected chi connectivity index (χ3v) is 5.73. The lowest BCUT2D eigenvalue weighted by atomic mass is 10.0. The third-order valence-electron chi connectivity index (χ3n) is 5.46. The van der Waals surface area contributed by atoms with Crippen molar-refractivity contribution in [3.63, 3.8) is 0 Å². The zero-order valence-corrected chi connectivity index (χ0v) is 12.2. The van der Waals surface area contributed by atoms with Gasteiger partial charge in [0.2, 0.25) is 5.91 Å². The molecule has 3 fully saturated rings. The van der Waals surface area contributed by atoms with Crippen molar-refractivity contribution >= 4 is 17.5 Å². The summed E-state index contributed by atoms with van der Waals surface area (Å²) in [6.45, 7) is 5.09. The Bertz CT molecular complexity index is 327. The van der Waals surface area contributed by atoms with E-state index in [1.165, 1.54) is 19.3 Å². The lowest BCUT2D eigenvalue weighted by Crippen LogP contribution is -2.40. The number of fused-ring (bicyclic) bond motifs is 5. The molecule has 0 spiro atoms. The summed E-state index contributed by atoms with van der Waals surface area (Å²) in [5.74, 6) is 4.75. The Balaban J connectivity index is 1.64. The first-order chi connectivity index (χ1) is 8.65. The van der Waals surface area contributed by atoms with Crippen LogP contribution in [0.3, 0.4) is 0 Å². The Morgan fingerprint density at radius 1 is 1.28 bits per heavy atom. The molecule has 3 heteroatoms. The van der Waals surface area contributed by atoms with E-state index >= 15 is 0 Å². The van der Waals surface area contributed by atoms with E-state index in [1.807, 2.05) is 0 Å². The monoisotopic (exact) mass is 269 g/mol. The summed E-state index contributed by atoms with van der Waals surface area (Å²) >= 11 is 5.76. The largest absolute Gasteiger partial charge is 0.340 e. The van der Waals surface area contributed by atoms with Crippen LogP contribution >= 0.6 is 11.6 Å². The van der Waals surface area contributed by atoms with E-state index in [4.69, 9.17) is 11.6 Å². The zero-order valence-electron chi connectivity index (χ0n) is 11.4. The lowest BCUT2D eigenvalue weighted by Gasteiger charge is -2.27. The van der Waals surface area contributed by atoms with Crippen molar-refractivity contribution in [2.24, 2.45) is 29.6 Å². The van der Waals surface area contributed by atoms with Crippen LogP contribution in [0, 0.1) is 29.6 Å². The first-order valence-corrected chi connectivity index (χ1v) is 8.05. The number of amides is 1. The molecule has 0 N–H and O–H groups in total. The molecule has 0 heterocycles. The normalized spacial score (nSPS) is 40.1. The van der Waals surface area contributed by atoms with Crippen molar-refractivity contribution in [2.75, 3.05) is 12.4 Å². The fourth-order valence-corrected chi connectivity index (χ4v) is 4.82. The average Bonchev–Trinajstić information content (AvgIpc) is 2.78. The molecule has 4 atom stereocenters. The summed E-state index contributed by atoms with van der Waals surface area (Å²) < 4.78 is 0. The molecule has 2 nitrogen and oxygen atoms in total. The molecule has 0 aromatic rings. The first-order valence-electron chi connectivity index (χ1n) is 7.51. The maximum atomic E-state index is 12.7. The first kappa shape index (κ1) is 12.8. The quantitative estimate of drug-likeness (QED) is 0.702. The van der Waals surface area contributed by atoms with Gasteiger partial charge in [-0.05, 0) is 63.2 Å². The third kappa shape index (κ3) is 1.88. The highest BCUT2D eigenvalue weighted by atomic mass is 35.5. The number of alkyl halides is 1. The van der Waals surface area contributed by atoms with Gasteiger partial charge in [0, 0.05) is 24.4 Å². The maximum absolute atomic E-state index is 12.7. The van der Waals surface area contributed by atoms with Crippen LogP contribution in [0.4, 0.5) is 0 Å². The number of hydrogen-bond donors (Lipinski definition) is 0. The number of carbonyl (C=O) groups excluding carboxylic acids is 1. The second kappa shape index (κ2) is 4.70. The molecular formula is C15H24ClNO. The van der Waals surface area contributed by atoms with Gasteiger partial charge in [-0.15, -0.1) is 11.6 Å². The lowest BCUT2D eigenvalue weighted by molar-refractivity contribution is -0.135. The van der Waals surface area contributed by atoms with Gasteiger partial charge in [-0.3, -0.25) is 4.79 Å². The zero-order chi connectivity index (χ0) is 12.9. The maximum Gasteiger partial charge on any atom is 0.226 e. The predicted molar refractivity (Wildman–Crippen MR) is 73.5 cm³/mol. The topological polar surface area (TPSA) is 20.3 Å². The minimum atomic E-state index is 0.319. The van der Waals surface area contributed by atoms with Gasteiger partial charge in [0.05, 0.1) is 0 Å². The summed E-state index contributed by atoms with van der Waals surface area (Å²) in [6, 6.07) is 0.319. The molecule has 3 rings (SSSR count). The Morgan fingerprint density at radius 2 is 1.89 bits per heavy atom. The SMILES string of the molecule is CC(C)N(CCCCl)C(=O)C1C2C3CCC(C3)C12. The van der Waals surface area contributed by atoms with Gasteiger partial charge in [-0.25, -0.2) is 0 Å². The van der Waals surface area contributed by atoms with Gasteiger partial charge in [-0.1, -0.05) is 0 Å². The Kier molecular flexibility index (Phi) is 3.34. The highest BCUT2D eigenvalue weighted by molar-refractivity contribution is 6.17. The molecule has 0 aliphatic heterocycles. The van der Waals surface area contributed by atoms with Crippen LogP contribution in [-0.4, -0.2) is 29.3 Å². The van der Waals surface area contributed by atoms with Gasteiger partial charge in [0.25, 0.3) is 0 Å². The molecule has 0 saturated heterocycles. The van der Waals surface area contributed by atoms with E-state index in [0.717, 1.165) is 36.6 Å². The van der Waals surface area contributed by atoms with Gasteiger partial charge in [0.1, 0.15) is 0 Å². The summed E-state index contributed by atoms with van der Waals surface area (Å²) in [6.07, 6.45) is 5.11. The van der Waals surface area contributed by atoms with Crippen LogP contribution in [0.5, 0.6) is 0 Å². The van der Waals surface area contributed by atoms with E-state index in [2.05, 4.69) is 18.7 Å². The number of rotatable bonds is 5. The van der Waals surface area contributed by atoms with Crippen molar-refractivity contribution in [3.8, 4) is 0 Å². The van der Waals surface area contributed by atoms with Crippen molar-refractivity contribution in [1.82, 2.24) is 4.90 Å². The summed E-state index contributed by atoms with van der Waals surface area (Å²) in [7, 11) is 0. The Labute approximate surface area is 115 Å². The molecule has 4 unspecified atom stereocenters. The van der Waals surface area contributed by atoms with Crippen LogP contribution < -0.4 is 0 Å². The summed E-state index contributed by atoms with van der Waals surface area (Å²) in [5.41, 5.74) is 0. The van der Waals surface area contributed by atoms with Crippen molar-refractivity contribution in [3.05, 3.63) is 0 Å². The number of hydrogen-bond acceptors (Lipinski definition) is 1. The van der Waals surface area contributed by atoms with Crippen LogP contribution in [0.1, 0.15) is 39.5 Å². The van der Waals surface area contributed by atoms with E-state index in [1.54, 1.807) is 0 Å². The van der Waals surface area contributed by atoms with E-state index < -0.39 is 0 Å². The molecular weight excluding hydrogens is 246 g/mol. The van der Waals surface area contributed by atoms with Gasteiger partial charge >= 0.3 is 0 Å². The van der Waals surface area contributed by atoms with E-state index in [-0.39, 0.29) is 0 Å². The smallest absolute Gasteiger partial charge is 0.226 e. The highest BCUT2D eigenvalue weighted by Gasteiger charge is 2.67. The average molecular weight is 270 g/mol. The second-order valence-corrected chi connectivity index (χ2v) is 7.06. The molecule has 0 aromatic carbocycles. The van der Waals surface area contributed by atoms with Crippen LogP contribution in [0.15, 0.2) is 0 Å². The van der Waals surface area contributed by atoms with Crippen LogP contribution in [0.2, 0.25) is 0 Å². The highest BCUT2D eigenvalue weighted by Crippen LogP contribution is 2.69. The molecule has 3 aliphatic rings. The minimum Gasteiger partial charge on any atom is -0.340 e. The minimum absolute atomic E-state index is 0.319. The standard InChI is InChI=1S/C15H24ClNO/c1-9(2)17(7-3-6-16)15(18)14-12-10-4-5-11(8-10)13(12)14/h9-14H,3-8H2,1-2H3. The number of carbonyl (C=O) groups is 1. The molecule has 1 amide bonds. The molecule has 2 bridgehead atoms. The molecule has 18 heavy (non-hydrogen) atoms. The fraction of sp³-hybridized carbons (Fsp3) is 0.933. The van der Waals surface area contributed by atoms with Gasteiger partial charge in [0.15, 0.2) is 0 Å². The number of nitrogens with zero attached hydrogens (tertiary/aromatic N) is 1. The predicted octanol–water partition coefficient (Wildman–Crippen LogP) is 3.14. The van der Waals surface area contributed by atoms with E-state index in [9.17, 15) is 4.79 Å². The molecule has 3 saturated carbocycles. The summed E-state index contributed by atoms with van der Waals surface area (Å²) in [5, 5.41) is 0. The van der Waals surface area contributed by atoms with Gasteiger partial charge in [-0.2, -0.15) is 0 Å². The number of halogens is 1. The van der Waals surface area contributed by atoms with E-state index in [0.29, 0.717) is 23.7 Å². The van der Waals surface area contributed by atoms with Crippen LogP contribution in [0.25, 0.3) is 0 Å². The molecule has 0 radical (unpaired) electrons. The Hall–Kier alpha value is -0.240. The molecule has 0 aromatic heterocycles. The van der Waals surface area contributed by atoms with Crippen molar-refractivity contribution in [2.45, 2.75) is 45.6 Å². The summed E-state index contributed by atoms with van der Waals surface area (Å²) in [4.78, 5) is 14.7. The molecule has 3 aliphatic carbocycles. The molecule has 102 valence electrons.